The number of nitrogens with one attached hydrogen (secondary N) is 2. The third kappa shape index (κ3) is 8.98. The Labute approximate surface area is 220 Å². The second kappa shape index (κ2) is 15.3. The van der Waals surface area contributed by atoms with E-state index in [-0.39, 0.29) is 24.0 Å². The lowest BCUT2D eigenvalue weighted by molar-refractivity contribution is 0.171. The van der Waals surface area contributed by atoms with Gasteiger partial charge in [-0.1, -0.05) is 42.5 Å². The van der Waals surface area contributed by atoms with Crippen molar-refractivity contribution in [3.63, 3.8) is 0 Å². The van der Waals surface area contributed by atoms with Crippen LogP contribution in [0.15, 0.2) is 65.9 Å². The lowest BCUT2D eigenvalue weighted by atomic mass is 10.1. The van der Waals surface area contributed by atoms with E-state index >= 15 is 0 Å². The van der Waals surface area contributed by atoms with Crippen LogP contribution >= 0.6 is 24.0 Å². The molecule has 0 amide bonds. The number of methoxy groups -OCH3 is 1. The van der Waals surface area contributed by atoms with Crippen LogP contribution in [-0.4, -0.2) is 49.4 Å². The van der Waals surface area contributed by atoms with Crippen LogP contribution in [0.4, 0.5) is 0 Å². The van der Waals surface area contributed by atoms with Gasteiger partial charge in [0.1, 0.15) is 11.6 Å². The zero-order chi connectivity index (χ0) is 23.3. The Hall–Kier alpha value is -2.59. The molecule has 1 aromatic heterocycles. The summed E-state index contributed by atoms with van der Waals surface area (Å²) < 4.78 is 13.3. The van der Waals surface area contributed by atoms with Crippen molar-refractivity contribution >= 4 is 29.9 Å². The average Bonchev–Trinajstić information content (AvgIpc) is 3.27. The summed E-state index contributed by atoms with van der Waals surface area (Å²) in [6.45, 7) is 5.58. The van der Waals surface area contributed by atoms with Crippen LogP contribution < -0.4 is 15.4 Å². The van der Waals surface area contributed by atoms with Gasteiger partial charge in [0.2, 0.25) is 0 Å². The third-order valence-electron chi connectivity index (χ3n) is 5.28. The number of hydrogen-bond donors (Lipinski definition) is 2. The number of aryl methyl sites for hydroxylation is 1. The van der Waals surface area contributed by atoms with Crippen LogP contribution in [0.2, 0.25) is 0 Å². The second-order valence-electron chi connectivity index (χ2n) is 7.87. The molecule has 0 saturated carbocycles. The molecule has 184 valence electrons. The second-order valence-corrected chi connectivity index (χ2v) is 7.87. The molecule has 0 bridgehead atoms. The number of ether oxygens (including phenoxy) is 2. The minimum Gasteiger partial charge on any atom is -0.493 e. The van der Waals surface area contributed by atoms with Crippen molar-refractivity contribution in [2.45, 2.75) is 32.9 Å². The molecule has 0 atom stereocenters. The van der Waals surface area contributed by atoms with Crippen molar-refractivity contribution in [2.75, 3.05) is 33.9 Å². The predicted molar refractivity (Wildman–Crippen MR) is 148 cm³/mol. The molecular weight excluding hydrogens is 541 g/mol. The molecule has 3 rings (SSSR count). The van der Waals surface area contributed by atoms with Crippen LogP contribution in [0.3, 0.4) is 0 Å². The number of halogens is 1. The minimum absolute atomic E-state index is 0. The van der Waals surface area contributed by atoms with E-state index in [0.717, 1.165) is 49.0 Å². The van der Waals surface area contributed by atoms with Gasteiger partial charge in [-0.15, -0.1) is 24.0 Å². The smallest absolute Gasteiger partial charge is 0.191 e. The van der Waals surface area contributed by atoms with Gasteiger partial charge in [-0.25, -0.2) is 4.98 Å². The number of guanidine groups is 1. The lowest BCUT2D eigenvalue weighted by Gasteiger charge is -2.16. The molecule has 3 aromatic rings. The average molecular weight is 578 g/mol. The molecule has 0 aliphatic carbocycles. The van der Waals surface area contributed by atoms with Crippen molar-refractivity contribution < 1.29 is 9.47 Å². The van der Waals surface area contributed by atoms with Crippen LogP contribution in [0.1, 0.15) is 28.9 Å². The number of aliphatic imine (C=N–C) groups is 1. The number of rotatable bonds is 12. The van der Waals surface area contributed by atoms with Crippen LogP contribution in [0, 0.1) is 6.92 Å². The fourth-order valence-electron chi connectivity index (χ4n) is 3.51. The molecule has 8 heteroatoms. The summed E-state index contributed by atoms with van der Waals surface area (Å²) in [6, 6.07) is 16.7. The SMILES string of the molecule is CN=C(NCCc1nccn1Cc1ccccc1)NCc1ccc(C)cc1OCCCOC.I. The van der Waals surface area contributed by atoms with Gasteiger partial charge in [0.05, 0.1) is 6.61 Å². The number of nitrogens with zero attached hydrogens (tertiary/aromatic N) is 3. The molecule has 0 saturated heterocycles. The Bertz CT molecular complexity index is 1010. The Morgan fingerprint density at radius 3 is 2.68 bits per heavy atom. The largest absolute Gasteiger partial charge is 0.493 e. The van der Waals surface area contributed by atoms with E-state index in [1.54, 1.807) is 14.2 Å². The van der Waals surface area contributed by atoms with E-state index < -0.39 is 0 Å². The van der Waals surface area contributed by atoms with Crippen LogP contribution in [0.5, 0.6) is 5.75 Å². The van der Waals surface area contributed by atoms with Gasteiger partial charge < -0.3 is 24.7 Å². The molecular formula is C26H36IN5O2. The summed E-state index contributed by atoms with van der Waals surface area (Å²) in [7, 11) is 3.49. The Morgan fingerprint density at radius 1 is 1.09 bits per heavy atom. The van der Waals surface area contributed by atoms with Gasteiger partial charge in [-0.2, -0.15) is 0 Å². The highest BCUT2D eigenvalue weighted by Gasteiger charge is 2.08. The van der Waals surface area contributed by atoms with E-state index in [1.807, 2.05) is 18.5 Å². The summed E-state index contributed by atoms with van der Waals surface area (Å²) in [5.41, 5.74) is 3.54. The first-order valence-corrected chi connectivity index (χ1v) is 11.4. The summed E-state index contributed by atoms with van der Waals surface area (Å²) in [5.74, 6) is 2.70. The van der Waals surface area contributed by atoms with E-state index in [4.69, 9.17) is 9.47 Å². The Balaban J connectivity index is 0.00000408. The topological polar surface area (TPSA) is 72.7 Å². The maximum Gasteiger partial charge on any atom is 0.191 e. The first-order valence-electron chi connectivity index (χ1n) is 11.4. The fraction of sp³-hybridized carbons (Fsp3) is 0.385. The fourth-order valence-corrected chi connectivity index (χ4v) is 3.51. The molecule has 0 spiro atoms. The third-order valence-corrected chi connectivity index (χ3v) is 5.28. The number of imidazole rings is 1. The number of aromatic nitrogens is 2. The van der Waals surface area contributed by atoms with Gasteiger partial charge >= 0.3 is 0 Å². The predicted octanol–water partition coefficient (Wildman–Crippen LogP) is 4.18. The zero-order valence-corrected chi connectivity index (χ0v) is 22.6. The van der Waals surface area contributed by atoms with Crippen molar-refractivity contribution in [3.05, 3.63) is 83.4 Å². The molecule has 2 aromatic carbocycles. The first-order chi connectivity index (χ1) is 16.2. The highest BCUT2D eigenvalue weighted by atomic mass is 127. The quantitative estimate of drug-likeness (QED) is 0.146. The first kappa shape index (κ1) is 27.7. The molecule has 2 N–H and O–H groups in total. The Kier molecular flexibility index (Phi) is 12.5. The molecule has 34 heavy (non-hydrogen) atoms. The van der Waals surface area contributed by atoms with Crippen molar-refractivity contribution in [1.82, 2.24) is 20.2 Å². The highest BCUT2D eigenvalue weighted by molar-refractivity contribution is 14.0. The van der Waals surface area contributed by atoms with E-state index in [9.17, 15) is 0 Å². The monoisotopic (exact) mass is 577 g/mol. The molecule has 1 heterocycles. The normalized spacial score (nSPS) is 11.1. The van der Waals surface area contributed by atoms with Crippen molar-refractivity contribution in [2.24, 2.45) is 4.99 Å². The highest BCUT2D eigenvalue weighted by Crippen LogP contribution is 2.20. The van der Waals surface area contributed by atoms with Crippen molar-refractivity contribution in [3.8, 4) is 5.75 Å². The van der Waals surface area contributed by atoms with Crippen LogP contribution in [-0.2, 0) is 24.2 Å². The lowest BCUT2D eigenvalue weighted by Crippen LogP contribution is -2.38. The maximum absolute atomic E-state index is 5.99. The molecule has 0 fully saturated rings. The van der Waals surface area contributed by atoms with E-state index in [0.29, 0.717) is 19.8 Å². The molecule has 7 nitrogen and oxygen atoms in total. The van der Waals surface area contributed by atoms with Gasteiger partial charge in [0, 0.05) is 71.2 Å². The standard InChI is InChI=1S/C26H35N5O2.HI/c1-21-10-11-23(24(18-21)33-17-7-16-32-3)19-30-26(27-2)29-13-12-25-28-14-15-31(25)20-22-8-5-4-6-9-22;/h4-6,8-11,14-15,18H,7,12-13,16-17,19-20H2,1-3H3,(H2,27,29,30);1H. The summed E-state index contributed by atoms with van der Waals surface area (Å²) in [4.78, 5) is 8.88. The van der Waals surface area contributed by atoms with E-state index in [1.165, 1.54) is 11.1 Å². The molecule has 0 unspecified atom stereocenters. The molecule has 0 radical (unpaired) electrons. The maximum atomic E-state index is 5.99. The summed E-state index contributed by atoms with van der Waals surface area (Å²) in [6.07, 6.45) is 5.55. The van der Waals surface area contributed by atoms with Gasteiger partial charge in [-0.05, 0) is 24.1 Å². The van der Waals surface area contributed by atoms with E-state index in [2.05, 4.69) is 74.6 Å². The van der Waals surface area contributed by atoms with Gasteiger partial charge in [0.15, 0.2) is 5.96 Å². The zero-order valence-electron chi connectivity index (χ0n) is 20.3. The number of hydrogen-bond acceptors (Lipinski definition) is 4. The number of benzene rings is 2. The Morgan fingerprint density at radius 2 is 1.91 bits per heavy atom. The summed E-state index contributed by atoms with van der Waals surface area (Å²) in [5, 5.41) is 6.78. The molecule has 0 aliphatic heterocycles. The van der Waals surface area contributed by atoms with Gasteiger partial charge in [0.25, 0.3) is 0 Å². The minimum atomic E-state index is 0. The van der Waals surface area contributed by atoms with Crippen molar-refractivity contribution in [1.29, 1.82) is 0 Å². The summed E-state index contributed by atoms with van der Waals surface area (Å²) >= 11 is 0. The molecule has 0 aliphatic rings. The van der Waals surface area contributed by atoms with Crippen LogP contribution in [0.25, 0.3) is 0 Å². The van der Waals surface area contributed by atoms with Gasteiger partial charge in [-0.3, -0.25) is 4.99 Å².